The summed E-state index contributed by atoms with van der Waals surface area (Å²) in [6, 6.07) is 0. The van der Waals surface area contributed by atoms with E-state index in [9.17, 15) is 0 Å². The lowest BCUT2D eigenvalue weighted by atomic mass is 9.65. The minimum Gasteiger partial charge on any atom is -0.103 e. The highest BCUT2D eigenvalue weighted by Crippen LogP contribution is 2.47. The Labute approximate surface area is 145 Å². The molecule has 0 aromatic carbocycles. The van der Waals surface area contributed by atoms with E-state index in [1.54, 1.807) is 12.8 Å². The van der Waals surface area contributed by atoms with Crippen LogP contribution in [0.1, 0.15) is 96.8 Å². The molecule has 0 spiro atoms. The van der Waals surface area contributed by atoms with Crippen LogP contribution in [0.5, 0.6) is 0 Å². The molecule has 3 aliphatic carbocycles. The van der Waals surface area contributed by atoms with E-state index in [2.05, 4.69) is 19.6 Å². The van der Waals surface area contributed by atoms with Crippen molar-refractivity contribution in [3.8, 4) is 0 Å². The third-order valence-electron chi connectivity index (χ3n) is 7.60. The first-order valence-corrected chi connectivity index (χ1v) is 10.7. The van der Waals surface area contributed by atoms with Crippen molar-refractivity contribution in [2.45, 2.75) is 96.8 Å². The first kappa shape index (κ1) is 17.6. The molecule has 131 valence electrons. The molecule has 0 bridgehead atoms. The van der Waals surface area contributed by atoms with Gasteiger partial charge in [-0.15, -0.1) is 6.58 Å². The highest BCUT2D eigenvalue weighted by Gasteiger charge is 2.34. The SMILES string of the molecule is C=CCCC1CC[C](C2CCC(C3CCC(C)CC3)CC2)CC1. The quantitative estimate of drug-likeness (QED) is 0.465. The zero-order valence-electron chi connectivity index (χ0n) is 15.6. The van der Waals surface area contributed by atoms with Crippen LogP contribution in [0, 0.1) is 35.5 Å². The van der Waals surface area contributed by atoms with Gasteiger partial charge in [0.2, 0.25) is 0 Å². The molecule has 0 heteroatoms. The van der Waals surface area contributed by atoms with Crippen LogP contribution in [0.25, 0.3) is 0 Å². The number of allylic oxidation sites excluding steroid dienone is 1. The summed E-state index contributed by atoms with van der Waals surface area (Å²) in [4.78, 5) is 0. The van der Waals surface area contributed by atoms with E-state index in [-0.39, 0.29) is 0 Å². The second-order valence-electron chi connectivity index (χ2n) is 9.10. The zero-order valence-corrected chi connectivity index (χ0v) is 15.6. The molecule has 3 aliphatic rings. The molecule has 0 aromatic heterocycles. The van der Waals surface area contributed by atoms with Crippen LogP contribution >= 0.6 is 0 Å². The Morgan fingerprint density at radius 1 is 0.826 bits per heavy atom. The maximum atomic E-state index is 3.88. The summed E-state index contributed by atoms with van der Waals surface area (Å²) in [6.45, 7) is 6.33. The summed E-state index contributed by atoms with van der Waals surface area (Å²) < 4.78 is 0. The summed E-state index contributed by atoms with van der Waals surface area (Å²) in [6.07, 6.45) is 22.8. The minimum atomic E-state index is 0.998. The maximum absolute atomic E-state index is 3.88. The van der Waals surface area contributed by atoms with Gasteiger partial charge in [-0.05, 0) is 113 Å². The third-order valence-corrected chi connectivity index (χ3v) is 7.60. The normalized spacial score (nSPS) is 37.6. The van der Waals surface area contributed by atoms with Crippen LogP contribution in [-0.2, 0) is 0 Å². The maximum Gasteiger partial charge on any atom is -0.0210 e. The molecule has 0 heterocycles. The monoisotopic (exact) mass is 315 g/mol. The predicted molar refractivity (Wildman–Crippen MR) is 101 cm³/mol. The smallest absolute Gasteiger partial charge is 0.0210 e. The molecular weight excluding hydrogens is 276 g/mol. The average Bonchev–Trinajstić information content (AvgIpc) is 2.61. The Morgan fingerprint density at radius 3 is 1.96 bits per heavy atom. The number of hydrogen-bond acceptors (Lipinski definition) is 0. The van der Waals surface area contributed by atoms with Gasteiger partial charge in [-0.1, -0.05) is 25.8 Å². The van der Waals surface area contributed by atoms with Crippen LogP contribution in [0.2, 0.25) is 0 Å². The summed E-state index contributed by atoms with van der Waals surface area (Å²) in [5.74, 6) is 7.16. The van der Waals surface area contributed by atoms with Crippen molar-refractivity contribution in [1.29, 1.82) is 0 Å². The van der Waals surface area contributed by atoms with E-state index in [0.717, 1.165) is 29.6 Å². The molecule has 0 unspecified atom stereocenters. The van der Waals surface area contributed by atoms with Crippen molar-refractivity contribution < 1.29 is 0 Å². The first-order valence-electron chi connectivity index (χ1n) is 10.7. The molecule has 0 saturated heterocycles. The average molecular weight is 316 g/mol. The molecular formula is C23H39. The largest absolute Gasteiger partial charge is 0.103 e. The fourth-order valence-corrected chi connectivity index (χ4v) is 5.85. The molecule has 0 nitrogen and oxygen atoms in total. The Morgan fingerprint density at radius 2 is 1.39 bits per heavy atom. The fraction of sp³-hybridized carbons (Fsp3) is 0.870. The number of hydrogen-bond donors (Lipinski definition) is 0. The van der Waals surface area contributed by atoms with E-state index in [1.165, 1.54) is 77.0 Å². The molecule has 0 N–H and O–H groups in total. The van der Waals surface area contributed by atoms with Crippen molar-refractivity contribution in [3.05, 3.63) is 18.6 Å². The standard InChI is InChI=1S/C23H39/c1-3-4-5-19-8-12-21(13-9-19)23-16-14-22(15-17-23)20-10-6-18(2)7-11-20/h3,18-20,22-23H,1,4-17H2,2H3. The van der Waals surface area contributed by atoms with Crippen LogP contribution < -0.4 is 0 Å². The van der Waals surface area contributed by atoms with E-state index in [0.29, 0.717) is 0 Å². The lowest BCUT2D eigenvalue weighted by molar-refractivity contribution is 0.146. The van der Waals surface area contributed by atoms with Crippen molar-refractivity contribution in [2.75, 3.05) is 0 Å². The molecule has 3 fully saturated rings. The fourth-order valence-electron chi connectivity index (χ4n) is 5.85. The van der Waals surface area contributed by atoms with E-state index in [4.69, 9.17) is 0 Å². The highest BCUT2D eigenvalue weighted by molar-refractivity contribution is 5.02. The van der Waals surface area contributed by atoms with Gasteiger partial charge < -0.3 is 0 Å². The highest BCUT2D eigenvalue weighted by atomic mass is 14.4. The molecule has 0 aliphatic heterocycles. The van der Waals surface area contributed by atoms with Crippen molar-refractivity contribution in [2.24, 2.45) is 29.6 Å². The molecule has 0 atom stereocenters. The van der Waals surface area contributed by atoms with Crippen LogP contribution in [-0.4, -0.2) is 0 Å². The van der Waals surface area contributed by atoms with Gasteiger partial charge >= 0.3 is 0 Å². The van der Waals surface area contributed by atoms with Crippen LogP contribution in [0.4, 0.5) is 0 Å². The molecule has 3 rings (SSSR count). The van der Waals surface area contributed by atoms with Gasteiger partial charge in [0, 0.05) is 0 Å². The lowest BCUT2D eigenvalue weighted by Gasteiger charge is -2.41. The Hall–Kier alpha value is -0.260. The predicted octanol–water partition coefficient (Wildman–Crippen LogP) is 7.35. The topological polar surface area (TPSA) is 0 Å². The van der Waals surface area contributed by atoms with Gasteiger partial charge in [-0.3, -0.25) is 0 Å². The van der Waals surface area contributed by atoms with E-state index < -0.39 is 0 Å². The molecule has 3 saturated carbocycles. The Balaban J connectivity index is 1.37. The second-order valence-corrected chi connectivity index (χ2v) is 9.10. The first-order chi connectivity index (χ1) is 11.3. The van der Waals surface area contributed by atoms with Crippen molar-refractivity contribution >= 4 is 0 Å². The molecule has 23 heavy (non-hydrogen) atoms. The summed E-state index contributed by atoms with van der Waals surface area (Å²) in [7, 11) is 0. The minimum absolute atomic E-state index is 0.998. The Bertz CT molecular complexity index is 333. The molecule has 1 radical (unpaired) electrons. The van der Waals surface area contributed by atoms with E-state index >= 15 is 0 Å². The third kappa shape index (κ3) is 4.86. The van der Waals surface area contributed by atoms with Gasteiger partial charge in [0.25, 0.3) is 0 Å². The van der Waals surface area contributed by atoms with Gasteiger partial charge in [-0.25, -0.2) is 0 Å². The van der Waals surface area contributed by atoms with E-state index in [1.807, 2.05) is 5.92 Å². The van der Waals surface area contributed by atoms with Gasteiger partial charge in [-0.2, -0.15) is 0 Å². The van der Waals surface area contributed by atoms with Gasteiger partial charge in [0.1, 0.15) is 0 Å². The number of rotatable bonds is 5. The summed E-state index contributed by atoms with van der Waals surface area (Å²) >= 11 is 0. The second kappa shape index (κ2) is 8.72. The summed E-state index contributed by atoms with van der Waals surface area (Å²) in [5, 5.41) is 0. The van der Waals surface area contributed by atoms with Crippen LogP contribution in [0.3, 0.4) is 0 Å². The lowest BCUT2D eigenvalue weighted by Crippen LogP contribution is -2.28. The zero-order chi connectivity index (χ0) is 16.1. The van der Waals surface area contributed by atoms with Crippen molar-refractivity contribution in [3.63, 3.8) is 0 Å². The van der Waals surface area contributed by atoms with Gasteiger partial charge in [0.05, 0.1) is 0 Å². The van der Waals surface area contributed by atoms with Crippen LogP contribution in [0.15, 0.2) is 12.7 Å². The molecule has 0 amide bonds. The van der Waals surface area contributed by atoms with Gasteiger partial charge in [0.15, 0.2) is 0 Å². The Kier molecular flexibility index (Phi) is 6.66. The van der Waals surface area contributed by atoms with Crippen molar-refractivity contribution in [1.82, 2.24) is 0 Å². The molecule has 0 aromatic rings. The summed E-state index contributed by atoms with van der Waals surface area (Å²) in [5.41, 5.74) is 0.